The summed E-state index contributed by atoms with van der Waals surface area (Å²) >= 11 is 0. The molecule has 0 atom stereocenters. The van der Waals surface area contributed by atoms with E-state index in [1.54, 1.807) is 0 Å². The highest BCUT2D eigenvalue weighted by Gasteiger charge is 2.33. The maximum absolute atomic E-state index is 13.0. The Morgan fingerprint density at radius 2 is 1.46 bits per heavy atom. The number of rotatable bonds is 3. The molecule has 126 valence electrons. The van der Waals surface area contributed by atoms with Crippen LogP contribution in [0.15, 0.2) is 42.5 Å². The summed E-state index contributed by atoms with van der Waals surface area (Å²) in [5, 5.41) is 0. The molecule has 0 N–H and O–H groups in total. The van der Waals surface area contributed by atoms with Crippen LogP contribution in [0.25, 0.3) is 12.2 Å². The third kappa shape index (κ3) is 4.24. The molecule has 0 aliphatic heterocycles. The topological polar surface area (TPSA) is 17.1 Å². The SMILES string of the molecule is O=Cc1ccc(C(F)(F)F)c(/C=C/c2cccc(C(F)(F)F)c2)c1. The van der Waals surface area contributed by atoms with Gasteiger partial charge < -0.3 is 0 Å². The van der Waals surface area contributed by atoms with Crippen LogP contribution in [0.4, 0.5) is 26.3 Å². The van der Waals surface area contributed by atoms with Crippen LogP contribution < -0.4 is 0 Å². The first-order chi connectivity index (χ1) is 11.1. The standard InChI is InChI=1S/C17H10F6O/c18-16(19,20)14-3-1-2-11(9-14)4-6-13-8-12(10-24)5-7-15(13)17(21,22)23/h1-10H/b6-4+. The van der Waals surface area contributed by atoms with Gasteiger partial charge in [0, 0.05) is 5.56 Å². The third-order valence-corrected chi connectivity index (χ3v) is 3.19. The van der Waals surface area contributed by atoms with Crippen molar-refractivity contribution in [3.8, 4) is 0 Å². The molecular weight excluding hydrogens is 334 g/mol. The van der Waals surface area contributed by atoms with Crippen molar-refractivity contribution in [1.82, 2.24) is 0 Å². The molecular formula is C17H10F6O. The predicted octanol–water partition coefficient (Wildman–Crippen LogP) is 5.71. The molecule has 0 saturated heterocycles. The summed E-state index contributed by atoms with van der Waals surface area (Å²) < 4.78 is 76.8. The Morgan fingerprint density at radius 3 is 2.04 bits per heavy atom. The van der Waals surface area contributed by atoms with Crippen LogP contribution in [-0.4, -0.2) is 6.29 Å². The van der Waals surface area contributed by atoms with Gasteiger partial charge in [-0.15, -0.1) is 0 Å². The molecule has 1 nitrogen and oxygen atoms in total. The lowest BCUT2D eigenvalue weighted by Crippen LogP contribution is -2.07. The highest BCUT2D eigenvalue weighted by atomic mass is 19.4. The number of hydrogen-bond donors (Lipinski definition) is 0. The Labute approximate surface area is 133 Å². The van der Waals surface area contributed by atoms with Crippen LogP contribution in [0.2, 0.25) is 0 Å². The van der Waals surface area contributed by atoms with Crippen molar-refractivity contribution in [2.75, 3.05) is 0 Å². The minimum Gasteiger partial charge on any atom is -0.298 e. The quantitative estimate of drug-likeness (QED) is 0.396. The highest BCUT2D eigenvalue weighted by Crippen LogP contribution is 2.34. The number of hydrogen-bond acceptors (Lipinski definition) is 1. The first-order valence-corrected chi connectivity index (χ1v) is 6.63. The van der Waals surface area contributed by atoms with Gasteiger partial charge in [0.25, 0.3) is 0 Å². The van der Waals surface area contributed by atoms with E-state index in [4.69, 9.17) is 0 Å². The Balaban J connectivity index is 2.43. The molecule has 24 heavy (non-hydrogen) atoms. The zero-order valence-corrected chi connectivity index (χ0v) is 11.9. The van der Waals surface area contributed by atoms with Gasteiger partial charge in [-0.25, -0.2) is 0 Å². The maximum atomic E-state index is 13.0. The van der Waals surface area contributed by atoms with E-state index in [1.165, 1.54) is 6.07 Å². The minimum atomic E-state index is -4.64. The normalized spacial score (nSPS) is 12.6. The number of halogens is 6. The molecule has 2 aromatic carbocycles. The monoisotopic (exact) mass is 344 g/mol. The van der Waals surface area contributed by atoms with Crippen molar-refractivity contribution in [3.05, 3.63) is 70.3 Å². The molecule has 7 heteroatoms. The molecule has 0 amide bonds. The molecule has 2 aromatic rings. The van der Waals surface area contributed by atoms with Gasteiger partial charge in [0.05, 0.1) is 11.1 Å². The van der Waals surface area contributed by atoms with Gasteiger partial charge in [0.1, 0.15) is 6.29 Å². The fourth-order valence-electron chi connectivity index (χ4n) is 2.06. The first kappa shape index (κ1) is 17.8. The molecule has 0 fully saturated rings. The van der Waals surface area contributed by atoms with Crippen LogP contribution in [0.5, 0.6) is 0 Å². The zero-order valence-electron chi connectivity index (χ0n) is 11.9. The summed E-state index contributed by atoms with van der Waals surface area (Å²) in [6.45, 7) is 0. The van der Waals surface area contributed by atoms with Gasteiger partial charge in [0.15, 0.2) is 0 Å². The van der Waals surface area contributed by atoms with Crippen molar-refractivity contribution in [2.45, 2.75) is 12.4 Å². The summed E-state index contributed by atoms with van der Waals surface area (Å²) in [7, 11) is 0. The summed E-state index contributed by atoms with van der Waals surface area (Å²) in [6.07, 6.45) is -6.63. The molecule has 0 aromatic heterocycles. The van der Waals surface area contributed by atoms with E-state index in [-0.39, 0.29) is 16.7 Å². The average Bonchev–Trinajstić information content (AvgIpc) is 2.51. The summed E-state index contributed by atoms with van der Waals surface area (Å²) in [6, 6.07) is 7.00. The molecule has 0 aliphatic carbocycles. The van der Waals surface area contributed by atoms with Crippen molar-refractivity contribution in [1.29, 1.82) is 0 Å². The molecule has 0 bridgehead atoms. The van der Waals surface area contributed by atoms with Gasteiger partial charge in [-0.05, 0) is 35.4 Å². The number of alkyl halides is 6. The van der Waals surface area contributed by atoms with Crippen LogP contribution in [0, 0.1) is 0 Å². The van der Waals surface area contributed by atoms with Crippen molar-refractivity contribution in [2.24, 2.45) is 0 Å². The fourth-order valence-corrected chi connectivity index (χ4v) is 2.06. The van der Waals surface area contributed by atoms with Crippen LogP contribution in [-0.2, 0) is 12.4 Å². The van der Waals surface area contributed by atoms with Crippen molar-refractivity contribution in [3.63, 3.8) is 0 Å². The van der Waals surface area contributed by atoms with Crippen LogP contribution in [0.3, 0.4) is 0 Å². The maximum Gasteiger partial charge on any atom is 0.416 e. The van der Waals surface area contributed by atoms with Crippen molar-refractivity contribution >= 4 is 18.4 Å². The second-order valence-electron chi connectivity index (χ2n) is 4.92. The number of carbonyl (C=O) groups is 1. The molecule has 0 heterocycles. The summed E-state index contributed by atoms with van der Waals surface area (Å²) in [5.74, 6) is 0. The average molecular weight is 344 g/mol. The van der Waals surface area contributed by atoms with E-state index in [2.05, 4.69) is 0 Å². The second-order valence-corrected chi connectivity index (χ2v) is 4.92. The molecule has 0 saturated carbocycles. The van der Waals surface area contributed by atoms with Gasteiger partial charge in [-0.3, -0.25) is 4.79 Å². The lowest BCUT2D eigenvalue weighted by atomic mass is 10.0. The lowest BCUT2D eigenvalue weighted by Gasteiger charge is -2.11. The van der Waals surface area contributed by atoms with Gasteiger partial charge >= 0.3 is 12.4 Å². The Morgan fingerprint density at radius 1 is 0.750 bits per heavy atom. The number of carbonyl (C=O) groups excluding carboxylic acids is 1. The molecule has 0 unspecified atom stereocenters. The van der Waals surface area contributed by atoms with E-state index in [0.29, 0.717) is 6.29 Å². The third-order valence-electron chi connectivity index (χ3n) is 3.19. The summed E-state index contributed by atoms with van der Waals surface area (Å²) in [4.78, 5) is 10.7. The minimum absolute atomic E-state index is 0.0340. The largest absolute Gasteiger partial charge is 0.416 e. The van der Waals surface area contributed by atoms with Crippen LogP contribution >= 0.6 is 0 Å². The van der Waals surface area contributed by atoms with Gasteiger partial charge in [-0.2, -0.15) is 26.3 Å². The Bertz CT molecular complexity index is 771. The first-order valence-electron chi connectivity index (χ1n) is 6.63. The van der Waals surface area contributed by atoms with E-state index in [1.807, 2.05) is 0 Å². The Hall–Kier alpha value is -2.57. The smallest absolute Gasteiger partial charge is 0.298 e. The molecule has 0 aliphatic rings. The summed E-state index contributed by atoms with van der Waals surface area (Å²) in [5.41, 5.74) is -2.05. The fraction of sp³-hybridized carbons (Fsp3) is 0.118. The van der Waals surface area contributed by atoms with Crippen LogP contribution in [0.1, 0.15) is 32.6 Å². The molecule has 0 radical (unpaired) electrons. The van der Waals surface area contributed by atoms with Gasteiger partial charge in [0.2, 0.25) is 0 Å². The number of aldehydes is 1. The second kappa shape index (κ2) is 6.51. The molecule has 2 rings (SSSR count). The number of benzene rings is 2. The zero-order chi connectivity index (χ0) is 18.0. The Kier molecular flexibility index (Phi) is 4.82. The predicted molar refractivity (Wildman–Crippen MR) is 77.2 cm³/mol. The van der Waals surface area contributed by atoms with Gasteiger partial charge in [-0.1, -0.05) is 30.4 Å². The van der Waals surface area contributed by atoms with E-state index >= 15 is 0 Å². The highest BCUT2D eigenvalue weighted by molar-refractivity contribution is 5.79. The lowest BCUT2D eigenvalue weighted by molar-refractivity contribution is -0.138. The van der Waals surface area contributed by atoms with E-state index < -0.39 is 23.5 Å². The molecule has 0 spiro atoms. The van der Waals surface area contributed by atoms with E-state index in [9.17, 15) is 31.1 Å². The van der Waals surface area contributed by atoms with E-state index in [0.717, 1.165) is 48.6 Å². The van der Waals surface area contributed by atoms with Crippen molar-refractivity contribution < 1.29 is 31.1 Å².